The van der Waals surface area contributed by atoms with Crippen molar-refractivity contribution in [2.45, 2.75) is 70.3 Å². The van der Waals surface area contributed by atoms with Crippen LogP contribution in [0, 0.1) is 0 Å². The Kier molecular flexibility index (Phi) is 6.53. The Morgan fingerprint density at radius 3 is 2.62 bits per heavy atom. The van der Waals surface area contributed by atoms with Crippen molar-refractivity contribution < 1.29 is 19.7 Å². The number of aliphatic hydroxyl groups excluding tert-OH is 1. The van der Waals surface area contributed by atoms with Gasteiger partial charge in [-0.15, -0.1) is 0 Å². The number of aliphatic hydroxyl groups is 2. The lowest BCUT2D eigenvalue weighted by Gasteiger charge is -2.36. The van der Waals surface area contributed by atoms with Crippen molar-refractivity contribution in [3.05, 3.63) is 29.8 Å². The van der Waals surface area contributed by atoms with Gasteiger partial charge in [0.05, 0.1) is 6.10 Å². The molecule has 0 aliphatic heterocycles. The van der Waals surface area contributed by atoms with E-state index in [9.17, 15) is 15.0 Å². The molecule has 146 valence electrons. The van der Waals surface area contributed by atoms with Gasteiger partial charge in [0, 0.05) is 19.3 Å². The highest BCUT2D eigenvalue weighted by atomic mass is 16.6. The average molecular weight is 364 g/mol. The first-order chi connectivity index (χ1) is 12.1. The normalized spacial score (nSPS) is 17.6. The van der Waals surface area contributed by atoms with Gasteiger partial charge < -0.3 is 25.2 Å². The SMILES string of the molecule is CN(c1cccc(C(O)CCNC(=O)OC(C)(C)C)c1)C1(O)CCCC1. The lowest BCUT2D eigenvalue weighted by molar-refractivity contribution is 0.0486. The van der Waals surface area contributed by atoms with Crippen molar-refractivity contribution in [3.8, 4) is 0 Å². The second kappa shape index (κ2) is 8.27. The number of alkyl carbamates (subject to hydrolysis) is 1. The molecule has 6 nitrogen and oxygen atoms in total. The number of hydrogen-bond donors (Lipinski definition) is 3. The van der Waals surface area contributed by atoms with E-state index in [-0.39, 0.29) is 0 Å². The summed E-state index contributed by atoms with van der Waals surface area (Å²) in [6, 6.07) is 7.57. The molecule has 1 amide bonds. The summed E-state index contributed by atoms with van der Waals surface area (Å²) in [5.41, 5.74) is 0.303. The number of nitrogens with one attached hydrogen (secondary N) is 1. The number of benzene rings is 1. The average Bonchev–Trinajstić information content (AvgIpc) is 3.00. The molecule has 1 unspecified atom stereocenters. The Morgan fingerprint density at radius 2 is 2.00 bits per heavy atom. The zero-order valence-corrected chi connectivity index (χ0v) is 16.3. The van der Waals surface area contributed by atoms with Gasteiger partial charge in [-0.05, 0) is 70.6 Å². The Labute approximate surface area is 156 Å². The molecule has 0 saturated heterocycles. The maximum atomic E-state index is 11.7. The summed E-state index contributed by atoms with van der Waals surface area (Å²) in [5.74, 6) is 0. The quantitative estimate of drug-likeness (QED) is 0.675. The summed E-state index contributed by atoms with van der Waals surface area (Å²) >= 11 is 0. The summed E-state index contributed by atoms with van der Waals surface area (Å²) < 4.78 is 5.18. The van der Waals surface area contributed by atoms with Gasteiger partial charge >= 0.3 is 6.09 Å². The van der Waals surface area contributed by atoms with Gasteiger partial charge in [0.25, 0.3) is 0 Å². The van der Waals surface area contributed by atoms with Crippen molar-refractivity contribution in [2.75, 3.05) is 18.5 Å². The first-order valence-corrected chi connectivity index (χ1v) is 9.32. The van der Waals surface area contributed by atoms with Gasteiger partial charge in [-0.3, -0.25) is 0 Å². The lowest BCUT2D eigenvalue weighted by Crippen LogP contribution is -2.44. The maximum absolute atomic E-state index is 11.7. The number of carbonyl (C=O) groups is 1. The topological polar surface area (TPSA) is 82.0 Å². The van der Waals surface area contributed by atoms with Crippen molar-refractivity contribution in [2.24, 2.45) is 0 Å². The Morgan fingerprint density at radius 1 is 1.35 bits per heavy atom. The molecule has 26 heavy (non-hydrogen) atoms. The number of anilines is 1. The molecule has 0 radical (unpaired) electrons. The van der Waals surface area contributed by atoms with Crippen LogP contribution in [0.1, 0.15) is 64.5 Å². The van der Waals surface area contributed by atoms with Crippen LogP contribution in [0.25, 0.3) is 0 Å². The number of amides is 1. The minimum absolute atomic E-state index is 0.320. The molecule has 1 aromatic rings. The van der Waals surface area contributed by atoms with Crippen LogP contribution in [0.2, 0.25) is 0 Å². The van der Waals surface area contributed by atoms with E-state index in [4.69, 9.17) is 4.74 Å². The van der Waals surface area contributed by atoms with E-state index in [2.05, 4.69) is 5.32 Å². The van der Waals surface area contributed by atoms with Gasteiger partial charge in [0.1, 0.15) is 11.3 Å². The second-order valence-electron chi connectivity index (χ2n) is 8.08. The fraction of sp³-hybridized carbons (Fsp3) is 0.650. The van der Waals surface area contributed by atoms with E-state index in [0.29, 0.717) is 13.0 Å². The highest BCUT2D eigenvalue weighted by Gasteiger charge is 2.35. The van der Waals surface area contributed by atoms with Crippen LogP contribution >= 0.6 is 0 Å². The summed E-state index contributed by atoms with van der Waals surface area (Å²) in [7, 11) is 1.89. The highest BCUT2D eigenvalue weighted by Crippen LogP contribution is 2.35. The van der Waals surface area contributed by atoms with Crippen LogP contribution in [0.15, 0.2) is 24.3 Å². The van der Waals surface area contributed by atoms with Crippen LogP contribution in [0.3, 0.4) is 0 Å². The maximum Gasteiger partial charge on any atom is 0.407 e. The monoisotopic (exact) mass is 364 g/mol. The third-order valence-electron chi connectivity index (χ3n) is 4.76. The van der Waals surface area contributed by atoms with Crippen LogP contribution < -0.4 is 10.2 Å². The van der Waals surface area contributed by atoms with Crippen molar-refractivity contribution in [3.63, 3.8) is 0 Å². The molecule has 0 aromatic heterocycles. The van der Waals surface area contributed by atoms with Crippen LogP contribution in [-0.4, -0.2) is 41.2 Å². The second-order valence-corrected chi connectivity index (χ2v) is 8.08. The predicted molar refractivity (Wildman–Crippen MR) is 102 cm³/mol. The molecule has 1 saturated carbocycles. The molecule has 3 N–H and O–H groups in total. The third-order valence-corrected chi connectivity index (χ3v) is 4.76. The first kappa shape index (κ1) is 20.5. The number of hydrogen-bond acceptors (Lipinski definition) is 5. The van der Waals surface area contributed by atoms with Gasteiger partial charge in [0.15, 0.2) is 0 Å². The molecule has 0 heterocycles. The molecule has 0 bridgehead atoms. The number of nitrogens with zero attached hydrogens (tertiary/aromatic N) is 1. The fourth-order valence-electron chi connectivity index (χ4n) is 3.25. The van der Waals surface area contributed by atoms with E-state index < -0.39 is 23.5 Å². The third kappa shape index (κ3) is 5.61. The molecule has 1 aromatic carbocycles. The molecule has 1 aliphatic rings. The van der Waals surface area contributed by atoms with Crippen LogP contribution in [0.4, 0.5) is 10.5 Å². The summed E-state index contributed by atoms with van der Waals surface area (Å²) in [5, 5.41) is 23.8. The van der Waals surface area contributed by atoms with Crippen LogP contribution in [-0.2, 0) is 4.74 Å². The molecule has 6 heteroatoms. The lowest BCUT2D eigenvalue weighted by atomic mass is 10.0. The number of ether oxygens (including phenoxy) is 1. The van der Waals surface area contributed by atoms with Crippen LogP contribution in [0.5, 0.6) is 0 Å². The van der Waals surface area contributed by atoms with Gasteiger partial charge in [0.2, 0.25) is 0 Å². The van der Waals surface area contributed by atoms with E-state index in [0.717, 1.165) is 36.9 Å². The molecular weight excluding hydrogens is 332 g/mol. The van der Waals surface area contributed by atoms with E-state index in [1.807, 2.05) is 57.0 Å². The Hall–Kier alpha value is -1.79. The van der Waals surface area contributed by atoms with E-state index in [1.165, 1.54) is 0 Å². The minimum Gasteiger partial charge on any atom is -0.444 e. The minimum atomic E-state index is -0.804. The first-order valence-electron chi connectivity index (χ1n) is 9.32. The molecule has 1 fully saturated rings. The summed E-state index contributed by atoms with van der Waals surface area (Å²) in [6.45, 7) is 5.74. The van der Waals surface area contributed by atoms with Crippen molar-refractivity contribution in [1.82, 2.24) is 5.32 Å². The molecule has 2 rings (SSSR count). The molecule has 1 atom stereocenters. The molecular formula is C20H32N2O4. The summed E-state index contributed by atoms with van der Waals surface area (Å²) in [4.78, 5) is 13.6. The van der Waals surface area contributed by atoms with Crippen molar-refractivity contribution >= 4 is 11.8 Å². The Balaban J connectivity index is 1.91. The smallest absolute Gasteiger partial charge is 0.407 e. The number of carbonyl (C=O) groups excluding carboxylic acids is 1. The van der Waals surface area contributed by atoms with E-state index >= 15 is 0 Å². The molecule has 0 spiro atoms. The van der Waals surface area contributed by atoms with Crippen molar-refractivity contribution in [1.29, 1.82) is 0 Å². The zero-order valence-electron chi connectivity index (χ0n) is 16.3. The van der Waals surface area contributed by atoms with E-state index in [1.54, 1.807) is 0 Å². The predicted octanol–water partition coefficient (Wildman–Crippen LogP) is 3.33. The highest BCUT2D eigenvalue weighted by molar-refractivity contribution is 5.67. The Bertz CT molecular complexity index is 606. The van der Waals surface area contributed by atoms with Gasteiger partial charge in [-0.2, -0.15) is 0 Å². The zero-order chi connectivity index (χ0) is 19.4. The molecule has 1 aliphatic carbocycles. The van der Waals surface area contributed by atoms with Gasteiger partial charge in [-0.1, -0.05) is 12.1 Å². The largest absolute Gasteiger partial charge is 0.444 e. The fourth-order valence-corrected chi connectivity index (χ4v) is 3.25. The standard InChI is InChI=1S/C20H32N2O4/c1-19(2,3)26-18(24)21-13-10-17(23)15-8-7-9-16(14-15)22(4)20(25)11-5-6-12-20/h7-9,14,17,23,25H,5-6,10-13H2,1-4H3,(H,21,24). The number of rotatable bonds is 6. The summed E-state index contributed by atoms with van der Waals surface area (Å²) in [6.07, 6.45) is 2.78. The van der Waals surface area contributed by atoms with Gasteiger partial charge in [-0.25, -0.2) is 4.79 Å².